The number of rotatable bonds is 10. The molecule has 2 aromatic heterocycles. The van der Waals surface area contributed by atoms with Crippen molar-refractivity contribution in [3.05, 3.63) is 6.20 Å². The SMILES string of the molecule is CCOC(=O)C(=O)NCCn1ncc2c(NCCOC)nc(SC(C)C)nc21. The molecule has 2 heterocycles. The summed E-state index contributed by atoms with van der Waals surface area (Å²) in [5, 5.41) is 11.9. The summed E-state index contributed by atoms with van der Waals surface area (Å²) in [5.74, 6) is -0.978. The first kappa shape index (κ1) is 21.9. The van der Waals surface area contributed by atoms with E-state index in [1.807, 2.05) is 0 Å². The van der Waals surface area contributed by atoms with Crippen LogP contribution in [0.15, 0.2) is 11.4 Å². The maximum absolute atomic E-state index is 11.6. The molecule has 0 aliphatic carbocycles. The quantitative estimate of drug-likeness (QED) is 0.195. The van der Waals surface area contributed by atoms with Crippen molar-refractivity contribution in [1.82, 2.24) is 25.1 Å². The molecule has 0 atom stereocenters. The van der Waals surface area contributed by atoms with E-state index in [0.29, 0.717) is 41.6 Å². The van der Waals surface area contributed by atoms with E-state index in [1.54, 1.807) is 36.7 Å². The molecular formula is C17H26N6O4S. The third-order valence-corrected chi connectivity index (χ3v) is 4.35. The maximum Gasteiger partial charge on any atom is 0.396 e. The minimum Gasteiger partial charge on any atom is -0.459 e. The van der Waals surface area contributed by atoms with Gasteiger partial charge in [0.05, 0.1) is 31.3 Å². The Bertz CT molecular complexity index is 810. The molecule has 0 unspecified atom stereocenters. The Morgan fingerprint density at radius 2 is 2.07 bits per heavy atom. The van der Waals surface area contributed by atoms with Crippen LogP contribution >= 0.6 is 11.8 Å². The van der Waals surface area contributed by atoms with Crippen LogP contribution in [0.3, 0.4) is 0 Å². The van der Waals surface area contributed by atoms with Crippen LogP contribution in [0, 0.1) is 0 Å². The second-order valence-corrected chi connectivity index (χ2v) is 7.57. The lowest BCUT2D eigenvalue weighted by molar-refractivity contribution is -0.154. The van der Waals surface area contributed by atoms with Crippen molar-refractivity contribution < 1.29 is 19.1 Å². The highest BCUT2D eigenvalue weighted by molar-refractivity contribution is 7.99. The number of amides is 1. The number of ether oxygens (including phenoxy) is 2. The fourth-order valence-electron chi connectivity index (χ4n) is 2.31. The average Bonchev–Trinajstić information content (AvgIpc) is 3.04. The largest absolute Gasteiger partial charge is 0.459 e. The van der Waals surface area contributed by atoms with Gasteiger partial charge < -0.3 is 20.1 Å². The smallest absolute Gasteiger partial charge is 0.396 e. The van der Waals surface area contributed by atoms with Crippen molar-refractivity contribution in [2.24, 2.45) is 0 Å². The van der Waals surface area contributed by atoms with E-state index in [2.05, 4.69) is 44.3 Å². The third-order valence-electron chi connectivity index (χ3n) is 3.49. The van der Waals surface area contributed by atoms with Gasteiger partial charge in [-0.1, -0.05) is 25.6 Å². The normalized spacial score (nSPS) is 11.0. The van der Waals surface area contributed by atoms with Crippen LogP contribution in [0.5, 0.6) is 0 Å². The molecule has 2 aromatic rings. The predicted molar refractivity (Wildman–Crippen MR) is 106 cm³/mol. The molecule has 0 aliphatic heterocycles. The molecule has 11 heteroatoms. The van der Waals surface area contributed by atoms with Gasteiger partial charge >= 0.3 is 11.9 Å². The molecule has 0 fully saturated rings. The molecule has 0 aliphatic rings. The molecular weight excluding hydrogens is 384 g/mol. The number of hydrogen-bond donors (Lipinski definition) is 2. The highest BCUT2D eigenvalue weighted by atomic mass is 32.2. The van der Waals surface area contributed by atoms with E-state index >= 15 is 0 Å². The Morgan fingerprint density at radius 1 is 1.29 bits per heavy atom. The van der Waals surface area contributed by atoms with Crippen LogP contribution in [-0.2, 0) is 25.6 Å². The van der Waals surface area contributed by atoms with Crippen LogP contribution in [0.4, 0.5) is 5.82 Å². The van der Waals surface area contributed by atoms with Crippen LogP contribution in [0.1, 0.15) is 20.8 Å². The lowest BCUT2D eigenvalue weighted by atomic mass is 10.4. The van der Waals surface area contributed by atoms with E-state index in [1.165, 1.54) is 0 Å². The predicted octanol–water partition coefficient (Wildman–Crippen LogP) is 1.06. The van der Waals surface area contributed by atoms with Crippen molar-refractivity contribution in [3.63, 3.8) is 0 Å². The highest BCUT2D eigenvalue weighted by Gasteiger charge is 2.16. The molecule has 0 spiro atoms. The number of aromatic nitrogens is 4. The molecule has 1 amide bonds. The number of nitrogens with one attached hydrogen (secondary N) is 2. The van der Waals surface area contributed by atoms with E-state index in [4.69, 9.17) is 4.74 Å². The zero-order valence-corrected chi connectivity index (χ0v) is 17.3. The molecule has 10 nitrogen and oxygen atoms in total. The Morgan fingerprint density at radius 3 is 2.75 bits per heavy atom. The molecule has 154 valence electrons. The zero-order valence-electron chi connectivity index (χ0n) is 16.5. The Hall–Kier alpha value is -2.40. The Labute approximate surface area is 167 Å². The zero-order chi connectivity index (χ0) is 20.5. The van der Waals surface area contributed by atoms with E-state index < -0.39 is 11.9 Å². The molecule has 0 aromatic carbocycles. The number of carbonyl (C=O) groups is 2. The minimum atomic E-state index is -0.893. The van der Waals surface area contributed by atoms with Crippen molar-refractivity contribution in [2.45, 2.75) is 37.7 Å². The van der Waals surface area contributed by atoms with Gasteiger partial charge in [-0.25, -0.2) is 19.4 Å². The second kappa shape index (κ2) is 10.8. The lowest BCUT2D eigenvalue weighted by Crippen LogP contribution is -2.34. The number of carbonyl (C=O) groups excluding carboxylic acids is 2. The molecule has 2 rings (SSSR count). The first-order valence-electron chi connectivity index (χ1n) is 9.04. The Kier molecular flexibility index (Phi) is 8.45. The summed E-state index contributed by atoms with van der Waals surface area (Å²) in [7, 11) is 1.64. The minimum absolute atomic E-state index is 0.155. The highest BCUT2D eigenvalue weighted by Crippen LogP contribution is 2.26. The van der Waals surface area contributed by atoms with Gasteiger partial charge in [-0.05, 0) is 6.92 Å². The number of esters is 1. The van der Waals surface area contributed by atoms with Gasteiger partial charge in [0.1, 0.15) is 5.82 Å². The van der Waals surface area contributed by atoms with Crippen molar-refractivity contribution >= 4 is 40.5 Å². The molecule has 0 radical (unpaired) electrons. The molecule has 0 saturated carbocycles. The fraction of sp³-hybridized carbons (Fsp3) is 0.588. The van der Waals surface area contributed by atoms with Gasteiger partial charge in [0.15, 0.2) is 10.8 Å². The summed E-state index contributed by atoms with van der Waals surface area (Å²) in [4.78, 5) is 32.2. The Balaban J connectivity index is 2.16. The van der Waals surface area contributed by atoms with Gasteiger partial charge in [-0.15, -0.1) is 0 Å². The van der Waals surface area contributed by atoms with Crippen LogP contribution in [0.25, 0.3) is 11.0 Å². The number of fused-ring (bicyclic) bond motifs is 1. The van der Waals surface area contributed by atoms with E-state index in [0.717, 1.165) is 5.39 Å². The van der Waals surface area contributed by atoms with Gasteiger partial charge in [-0.3, -0.25) is 4.79 Å². The summed E-state index contributed by atoms with van der Waals surface area (Å²) >= 11 is 1.55. The van der Waals surface area contributed by atoms with Gasteiger partial charge in [0.2, 0.25) is 0 Å². The van der Waals surface area contributed by atoms with Gasteiger partial charge in [0, 0.05) is 25.4 Å². The van der Waals surface area contributed by atoms with Gasteiger partial charge in [-0.2, -0.15) is 5.10 Å². The first-order valence-corrected chi connectivity index (χ1v) is 9.92. The number of anilines is 1. The fourth-order valence-corrected chi connectivity index (χ4v) is 3.02. The van der Waals surface area contributed by atoms with Gasteiger partial charge in [0.25, 0.3) is 0 Å². The summed E-state index contributed by atoms with van der Waals surface area (Å²) in [6.45, 7) is 7.67. The monoisotopic (exact) mass is 410 g/mol. The average molecular weight is 411 g/mol. The number of thioether (sulfide) groups is 1. The molecule has 2 N–H and O–H groups in total. The topological polar surface area (TPSA) is 120 Å². The van der Waals surface area contributed by atoms with E-state index in [-0.39, 0.29) is 13.2 Å². The maximum atomic E-state index is 11.6. The van der Waals surface area contributed by atoms with Crippen LogP contribution in [-0.4, -0.2) is 70.3 Å². The second-order valence-electron chi connectivity index (χ2n) is 6.02. The van der Waals surface area contributed by atoms with Crippen molar-refractivity contribution in [2.75, 3.05) is 38.7 Å². The summed E-state index contributed by atoms with van der Waals surface area (Å²) in [5.41, 5.74) is 0.656. The standard InChI is InChI=1S/C17H26N6O4S/c1-5-27-16(25)15(24)19-6-8-23-14-12(10-20-23)13(18-7-9-26-4)21-17(22-14)28-11(2)3/h10-11H,5-9H2,1-4H3,(H,19,24)(H,18,21,22). The molecule has 0 saturated heterocycles. The number of hydrogen-bond acceptors (Lipinski definition) is 9. The number of methoxy groups -OCH3 is 1. The van der Waals surface area contributed by atoms with Crippen LogP contribution in [0.2, 0.25) is 0 Å². The summed E-state index contributed by atoms with van der Waals surface area (Å²) < 4.78 is 11.4. The lowest BCUT2D eigenvalue weighted by Gasteiger charge is -2.10. The van der Waals surface area contributed by atoms with Crippen LogP contribution < -0.4 is 10.6 Å². The summed E-state index contributed by atoms with van der Waals surface area (Å²) in [6, 6.07) is 0. The third kappa shape index (κ3) is 6.06. The van der Waals surface area contributed by atoms with Crippen molar-refractivity contribution in [3.8, 4) is 0 Å². The van der Waals surface area contributed by atoms with E-state index in [9.17, 15) is 9.59 Å². The molecule has 28 heavy (non-hydrogen) atoms. The molecule has 0 bridgehead atoms. The number of nitrogens with zero attached hydrogens (tertiary/aromatic N) is 4. The van der Waals surface area contributed by atoms with Crippen molar-refractivity contribution in [1.29, 1.82) is 0 Å². The first-order chi connectivity index (χ1) is 13.5. The summed E-state index contributed by atoms with van der Waals surface area (Å²) in [6.07, 6.45) is 1.68.